The van der Waals surface area contributed by atoms with Crippen LogP contribution in [0.4, 0.5) is 4.39 Å². The largest absolute Gasteiger partial charge is 0.301 e. The first-order valence-electron chi connectivity index (χ1n) is 7.67. The second-order valence-electron chi connectivity index (χ2n) is 5.68. The summed E-state index contributed by atoms with van der Waals surface area (Å²) in [6.07, 6.45) is 1.58. The first kappa shape index (κ1) is 16.8. The van der Waals surface area contributed by atoms with E-state index in [-0.39, 0.29) is 11.3 Å². The molecule has 1 aliphatic rings. The molecule has 5 heteroatoms. The molecule has 0 aromatic heterocycles. The summed E-state index contributed by atoms with van der Waals surface area (Å²) >= 11 is 0. The van der Waals surface area contributed by atoms with Gasteiger partial charge in [-0.05, 0) is 29.3 Å². The fourth-order valence-electron chi connectivity index (χ4n) is 2.93. The van der Waals surface area contributed by atoms with Crippen LogP contribution >= 0.6 is 0 Å². The minimum absolute atomic E-state index is 0.0700. The molecule has 0 saturated heterocycles. The summed E-state index contributed by atoms with van der Waals surface area (Å²) in [6, 6.07) is 20.1. The van der Waals surface area contributed by atoms with E-state index in [1.165, 1.54) is 24.3 Å². The summed E-state index contributed by atoms with van der Waals surface area (Å²) in [5.74, 6) is -0.422. The number of halogens is 1. The number of hydrogen-bond donors (Lipinski definition) is 1. The van der Waals surface area contributed by atoms with E-state index in [1.54, 1.807) is 36.4 Å². The summed E-state index contributed by atoms with van der Waals surface area (Å²) in [7, 11) is 0. The Morgan fingerprint density at radius 3 is 2.00 bits per heavy atom. The number of benzene rings is 2. The normalized spacial score (nSPS) is 15.5. The Bertz CT molecular complexity index is 1060. The summed E-state index contributed by atoms with van der Waals surface area (Å²) in [5.41, 5.74) is -0.466. The third-order valence-corrected chi connectivity index (χ3v) is 4.27. The highest BCUT2D eigenvalue weighted by atomic mass is 19.1. The zero-order chi connectivity index (χ0) is 18.7. The first-order chi connectivity index (χ1) is 12.6. The van der Waals surface area contributed by atoms with Crippen molar-refractivity contribution in [3.8, 4) is 18.2 Å². The topological polar surface area (TPSA) is 95.2 Å². The molecule has 0 spiro atoms. The minimum atomic E-state index is -1.88. The van der Waals surface area contributed by atoms with Crippen molar-refractivity contribution >= 4 is 16.9 Å². The van der Waals surface area contributed by atoms with Crippen LogP contribution in [0.5, 0.6) is 0 Å². The van der Waals surface area contributed by atoms with Gasteiger partial charge in [0.25, 0.3) is 0 Å². The third kappa shape index (κ3) is 2.47. The lowest BCUT2D eigenvalue weighted by molar-refractivity contribution is 0.627. The van der Waals surface area contributed by atoms with E-state index in [0.29, 0.717) is 22.3 Å². The van der Waals surface area contributed by atoms with Crippen LogP contribution in [-0.4, -0.2) is 5.71 Å². The highest BCUT2D eigenvalue weighted by molar-refractivity contribution is 6.24. The second-order valence-corrected chi connectivity index (χ2v) is 5.68. The number of hydrogen-bond acceptors (Lipinski definition) is 4. The van der Waals surface area contributed by atoms with Crippen molar-refractivity contribution in [2.45, 2.75) is 0 Å². The average Bonchev–Trinajstić information content (AvgIpc) is 2.69. The van der Waals surface area contributed by atoms with Gasteiger partial charge in [0.15, 0.2) is 0 Å². The van der Waals surface area contributed by atoms with Crippen molar-refractivity contribution in [1.29, 1.82) is 21.2 Å². The molecule has 0 unspecified atom stereocenters. The molecule has 1 aliphatic carbocycles. The quantitative estimate of drug-likeness (QED) is 0.886. The van der Waals surface area contributed by atoms with E-state index in [1.807, 2.05) is 18.2 Å². The van der Waals surface area contributed by atoms with Gasteiger partial charge in [-0.1, -0.05) is 42.5 Å². The maximum atomic E-state index is 13.3. The first-order valence-corrected chi connectivity index (χ1v) is 7.67. The number of nitrogens with zero attached hydrogens (tertiary/aromatic N) is 3. The van der Waals surface area contributed by atoms with Crippen molar-refractivity contribution < 1.29 is 4.39 Å². The zero-order valence-corrected chi connectivity index (χ0v) is 13.5. The van der Waals surface area contributed by atoms with E-state index in [0.717, 1.165) is 0 Å². The lowest BCUT2D eigenvalue weighted by Crippen LogP contribution is -2.33. The predicted molar refractivity (Wildman–Crippen MR) is 94.7 cm³/mol. The van der Waals surface area contributed by atoms with Gasteiger partial charge in [-0.3, -0.25) is 0 Å². The molecule has 0 heterocycles. The molecule has 122 valence electrons. The van der Waals surface area contributed by atoms with E-state index in [2.05, 4.69) is 0 Å². The Labute approximate surface area is 149 Å². The molecule has 1 N–H and O–H groups in total. The highest BCUT2D eigenvalue weighted by Crippen LogP contribution is 2.44. The van der Waals surface area contributed by atoms with Gasteiger partial charge < -0.3 is 5.41 Å². The molecule has 0 aliphatic heterocycles. The smallest absolute Gasteiger partial charge is 0.211 e. The third-order valence-electron chi connectivity index (χ3n) is 4.27. The number of nitrogens with one attached hydrogen (secondary N) is 1. The molecule has 0 amide bonds. The summed E-state index contributed by atoms with van der Waals surface area (Å²) < 4.78 is 13.3. The van der Waals surface area contributed by atoms with Crippen molar-refractivity contribution in [2.75, 3.05) is 0 Å². The lowest BCUT2D eigenvalue weighted by atomic mass is 9.68. The summed E-state index contributed by atoms with van der Waals surface area (Å²) in [4.78, 5) is 0. The maximum Gasteiger partial charge on any atom is 0.211 e. The van der Waals surface area contributed by atoms with Crippen molar-refractivity contribution in [2.24, 2.45) is 5.41 Å². The average molecular weight is 338 g/mol. The van der Waals surface area contributed by atoms with Gasteiger partial charge in [-0.2, -0.15) is 15.8 Å². The molecule has 0 radical (unpaired) electrons. The van der Waals surface area contributed by atoms with Crippen LogP contribution in [0.25, 0.3) is 11.1 Å². The predicted octanol–water partition coefficient (Wildman–Crippen LogP) is 4.25. The zero-order valence-electron chi connectivity index (χ0n) is 13.5. The number of allylic oxidation sites excluding steroid dienone is 4. The van der Waals surface area contributed by atoms with E-state index < -0.39 is 11.2 Å². The molecule has 2 aromatic carbocycles. The SMILES string of the molecule is N#CC1=C(c2ccc(F)cc2)C=C(c2ccccc2)C(C#N)(C#N)C1=N. The van der Waals surface area contributed by atoms with Gasteiger partial charge in [0.1, 0.15) is 11.9 Å². The molecule has 4 nitrogen and oxygen atoms in total. The standard InChI is InChI=1S/C21H11FN4/c22-16-8-6-14(7-9-16)17-10-19(15-4-2-1-3-5-15)21(12-24,13-25)20(26)18(17)11-23/h1-10,26H. The van der Waals surface area contributed by atoms with Gasteiger partial charge in [0.05, 0.1) is 23.4 Å². The van der Waals surface area contributed by atoms with Crippen molar-refractivity contribution in [3.63, 3.8) is 0 Å². The van der Waals surface area contributed by atoms with Crippen LogP contribution < -0.4 is 0 Å². The van der Waals surface area contributed by atoms with Gasteiger partial charge in [0.2, 0.25) is 5.41 Å². The Balaban J connectivity index is 2.35. The van der Waals surface area contributed by atoms with Crippen LogP contribution in [0.1, 0.15) is 11.1 Å². The molecular formula is C21H11FN4. The van der Waals surface area contributed by atoms with E-state index in [9.17, 15) is 20.2 Å². The van der Waals surface area contributed by atoms with Gasteiger partial charge >= 0.3 is 0 Å². The van der Waals surface area contributed by atoms with Crippen molar-refractivity contribution in [1.82, 2.24) is 0 Å². The lowest BCUT2D eigenvalue weighted by Gasteiger charge is -2.28. The number of rotatable bonds is 2. The Kier molecular flexibility index (Phi) is 4.19. The fraction of sp³-hybridized carbons (Fsp3) is 0.0476. The van der Waals surface area contributed by atoms with Gasteiger partial charge in [0, 0.05) is 11.1 Å². The molecular weight excluding hydrogens is 327 g/mol. The van der Waals surface area contributed by atoms with E-state index in [4.69, 9.17) is 5.41 Å². The van der Waals surface area contributed by atoms with Crippen LogP contribution in [0.15, 0.2) is 66.2 Å². The molecule has 0 fully saturated rings. The molecule has 2 aromatic rings. The van der Waals surface area contributed by atoms with Crippen LogP contribution in [0.3, 0.4) is 0 Å². The molecule has 3 rings (SSSR count). The molecule has 0 bridgehead atoms. The number of nitriles is 3. The Hall–Kier alpha value is -4.01. The van der Waals surface area contributed by atoms with Crippen LogP contribution in [0, 0.1) is 50.6 Å². The summed E-state index contributed by atoms with van der Waals surface area (Å²) in [6.45, 7) is 0. The van der Waals surface area contributed by atoms with Crippen LogP contribution in [0.2, 0.25) is 0 Å². The Morgan fingerprint density at radius 1 is 0.846 bits per heavy atom. The van der Waals surface area contributed by atoms with Crippen LogP contribution in [-0.2, 0) is 0 Å². The maximum absolute atomic E-state index is 13.3. The fourth-order valence-corrected chi connectivity index (χ4v) is 2.93. The summed E-state index contributed by atoms with van der Waals surface area (Å²) in [5, 5.41) is 37.4. The second kappa shape index (κ2) is 6.48. The minimum Gasteiger partial charge on any atom is -0.301 e. The van der Waals surface area contributed by atoms with Gasteiger partial charge in [-0.15, -0.1) is 0 Å². The van der Waals surface area contributed by atoms with E-state index >= 15 is 0 Å². The highest BCUT2D eigenvalue weighted by Gasteiger charge is 2.45. The molecule has 26 heavy (non-hydrogen) atoms. The van der Waals surface area contributed by atoms with Crippen molar-refractivity contribution in [3.05, 3.63) is 83.2 Å². The molecule has 0 saturated carbocycles. The monoisotopic (exact) mass is 338 g/mol. The van der Waals surface area contributed by atoms with Gasteiger partial charge in [-0.25, -0.2) is 4.39 Å². The Morgan fingerprint density at radius 2 is 1.46 bits per heavy atom. The molecule has 0 atom stereocenters.